The Morgan fingerprint density at radius 2 is 1.93 bits per heavy atom. The molecule has 0 aliphatic rings. The minimum absolute atomic E-state index is 0.168. The van der Waals surface area contributed by atoms with Crippen LogP contribution in [0.5, 0.6) is 0 Å². The lowest BCUT2D eigenvalue weighted by Crippen LogP contribution is -2.27. The molecule has 0 saturated carbocycles. The second kappa shape index (κ2) is 9.21. The summed E-state index contributed by atoms with van der Waals surface area (Å²) < 4.78 is 6.29. The molecule has 158 valence electrons. The number of carbonyl (C=O) groups excluding carboxylic acids is 2. The van der Waals surface area contributed by atoms with Gasteiger partial charge in [0.2, 0.25) is 5.91 Å². The Kier molecular flexibility index (Phi) is 6.66. The summed E-state index contributed by atoms with van der Waals surface area (Å²) in [5.41, 5.74) is 2.06. The number of nitrogens with one attached hydrogen (secondary N) is 1. The largest absolute Gasteiger partial charge is 0.462 e. The maximum atomic E-state index is 12.9. The minimum Gasteiger partial charge on any atom is -0.462 e. The van der Waals surface area contributed by atoms with Gasteiger partial charge in [0.05, 0.1) is 18.3 Å². The van der Waals surface area contributed by atoms with Gasteiger partial charge in [0.15, 0.2) is 0 Å². The maximum Gasteiger partial charge on any atom is 0.348 e. The highest BCUT2D eigenvalue weighted by molar-refractivity contribution is 7.20. The molecule has 0 spiro atoms. The summed E-state index contributed by atoms with van der Waals surface area (Å²) in [6.07, 6.45) is 2.38. The molecule has 0 fully saturated rings. The third-order valence-electron chi connectivity index (χ3n) is 5.07. The van der Waals surface area contributed by atoms with Crippen LogP contribution in [0.25, 0.3) is 10.2 Å². The molecule has 0 aliphatic heterocycles. The number of aromatic nitrogens is 2. The first kappa shape index (κ1) is 21.7. The highest BCUT2D eigenvalue weighted by atomic mass is 32.1. The predicted octanol–water partition coefficient (Wildman–Crippen LogP) is 4.10. The Morgan fingerprint density at radius 3 is 2.57 bits per heavy atom. The lowest BCUT2D eigenvalue weighted by Gasteiger charge is -2.11. The molecule has 2 aromatic heterocycles. The van der Waals surface area contributed by atoms with Crippen molar-refractivity contribution in [3.05, 3.63) is 57.0 Å². The van der Waals surface area contributed by atoms with E-state index in [2.05, 4.69) is 24.1 Å². The summed E-state index contributed by atoms with van der Waals surface area (Å²) in [5.74, 6) is -0.338. The molecule has 1 unspecified atom stereocenters. The van der Waals surface area contributed by atoms with E-state index in [0.717, 1.165) is 17.8 Å². The van der Waals surface area contributed by atoms with Crippen LogP contribution in [0.2, 0.25) is 0 Å². The number of hydrogen-bond acceptors (Lipinski definition) is 6. The van der Waals surface area contributed by atoms with Gasteiger partial charge >= 0.3 is 5.97 Å². The zero-order valence-electron chi connectivity index (χ0n) is 17.5. The van der Waals surface area contributed by atoms with Crippen LogP contribution in [0.4, 0.5) is 5.69 Å². The number of amides is 1. The second-order valence-electron chi connectivity index (χ2n) is 7.11. The average molecular weight is 428 g/mol. The van der Waals surface area contributed by atoms with E-state index >= 15 is 0 Å². The van der Waals surface area contributed by atoms with Crippen molar-refractivity contribution in [2.24, 2.45) is 0 Å². The summed E-state index contributed by atoms with van der Waals surface area (Å²) >= 11 is 1.12. The number of ether oxygens (including phenoxy) is 1. The van der Waals surface area contributed by atoms with Crippen molar-refractivity contribution in [3.8, 4) is 0 Å². The molecule has 1 N–H and O–H groups in total. The lowest BCUT2D eigenvalue weighted by molar-refractivity contribution is -0.116. The van der Waals surface area contributed by atoms with Crippen molar-refractivity contribution >= 4 is 39.1 Å². The number of aryl methyl sites for hydroxylation is 1. The minimum atomic E-state index is -0.470. The van der Waals surface area contributed by atoms with Gasteiger partial charge in [-0.1, -0.05) is 26.0 Å². The van der Waals surface area contributed by atoms with Gasteiger partial charge in [0.25, 0.3) is 5.56 Å². The van der Waals surface area contributed by atoms with Crippen LogP contribution in [0.3, 0.4) is 0 Å². The van der Waals surface area contributed by atoms with Crippen LogP contribution in [-0.4, -0.2) is 28.0 Å². The van der Waals surface area contributed by atoms with Gasteiger partial charge in [-0.25, -0.2) is 9.78 Å². The Labute approximate surface area is 178 Å². The highest BCUT2D eigenvalue weighted by Gasteiger charge is 2.20. The van der Waals surface area contributed by atoms with Crippen molar-refractivity contribution in [1.82, 2.24) is 9.55 Å². The fraction of sp³-hybridized carbons (Fsp3) is 0.364. The molecule has 8 heteroatoms. The van der Waals surface area contributed by atoms with E-state index in [1.54, 1.807) is 13.8 Å². The van der Waals surface area contributed by atoms with E-state index in [9.17, 15) is 14.4 Å². The van der Waals surface area contributed by atoms with Crippen LogP contribution in [0, 0.1) is 6.92 Å². The summed E-state index contributed by atoms with van der Waals surface area (Å²) in [4.78, 5) is 42.5. The molecule has 3 rings (SSSR count). The Morgan fingerprint density at radius 1 is 1.23 bits per heavy atom. The van der Waals surface area contributed by atoms with E-state index in [-0.39, 0.29) is 24.6 Å². The lowest BCUT2D eigenvalue weighted by atomic mass is 9.99. The molecule has 3 aromatic rings. The molecule has 7 nitrogen and oxygen atoms in total. The maximum absolute atomic E-state index is 12.9. The molecule has 0 radical (unpaired) electrons. The fourth-order valence-corrected chi connectivity index (χ4v) is 4.18. The number of benzene rings is 1. The van der Waals surface area contributed by atoms with Crippen molar-refractivity contribution in [3.63, 3.8) is 0 Å². The van der Waals surface area contributed by atoms with Gasteiger partial charge in [0, 0.05) is 5.69 Å². The quantitative estimate of drug-likeness (QED) is 0.574. The first-order valence-electron chi connectivity index (χ1n) is 9.91. The molecule has 0 bridgehead atoms. The number of carbonyl (C=O) groups is 2. The molecule has 2 heterocycles. The van der Waals surface area contributed by atoms with E-state index < -0.39 is 5.97 Å². The Balaban J connectivity index is 1.79. The molecular weight excluding hydrogens is 402 g/mol. The van der Waals surface area contributed by atoms with Crippen LogP contribution in [0.1, 0.15) is 53.9 Å². The predicted molar refractivity (Wildman–Crippen MR) is 118 cm³/mol. The van der Waals surface area contributed by atoms with Crippen molar-refractivity contribution in [2.45, 2.75) is 46.6 Å². The van der Waals surface area contributed by atoms with Crippen LogP contribution in [-0.2, 0) is 16.1 Å². The van der Waals surface area contributed by atoms with E-state index in [4.69, 9.17) is 4.74 Å². The van der Waals surface area contributed by atoms with Crippen molar-refractivity contribution in [1.29, 1.82) is 0 Å². The Hall–Kier alpha value is -3.00. The van der Waals surface area contributed by atoms with Gasteiger partial charge in [-0.2, -0.15) is 0 Å². The molecule has 1 atom stereocenters. The van der Waals surface area contributed by atoms with Crippen molar-refractivity contribution in [2.75, 3.05) is 11.9 Å². The number of nitrogens with zero attached hydrogens (tertiary/aromatic N) is 2. The first-order valence-corrected chi connectivity index (χ1v) is 10.7. The van der Waals surface area contributed by atoms with Crippen LogP contribution in [0.15, 0.2) is 35.4 Å². The summed E-state index contributed by atoms with van der Waals surface area (Å²) in [6.45, 7) is 7.79. The van der Waals surface area contributed by atoms with Crippen LogP contribution < -0.4 is 10.9 Å². The SMILES string of the molecule is CCOC(=O)c1sc2ncn(CC(=O)Nc3ccc(C(C)CC)cc3)c(=O)c2c1C. The standard InChI is InChI=1S/C22H25N3O4S/c1-5-13(3)15-7-9-16(10-8-15)24-17(26)11-25-12-23-20-18(21(25)27)14(4)19(30-20)22(28)29-6-2/h7-10,12-13H,5-6,11H2,1-4H3,(H,24,26). The van der Waals surface area contributed by atoms with Crippen LogP contribution >= 0.6 is 11.3 Å². The average Bonchev–Trinajstić information content (AvgIpc) is 3.07. The normalized spacial score (nSPS) is 12.0. The molecule has 30 heavy (non-hydrogen) atoms. The van der Waals surface area contributed by atoms with Gasteiger partial charge in [-0.3, -0.25) is 14.2 Å². The first-order chi connectivity index (χ1) is 14.3. The monoisotopic (exact) mass is 427 g/mol. The third kappa shape index (κ3) is 4.43. The second-order valence-corrected chi connectivity index (χ2v) is 8.11. The zero-order chi connectivity index (χ0) is 21.8. The van der Waals surface area contributed by atoms with Gasteiger partial charge in [0.1, 0.15) is 16.3 Å². The third-order valence-corrected chi connectivity index (χ3v) is 6.25. The topological polar surface area (TPSA) is 90.3 Å². The molecule has 1 amide bonds. The zero-order valence-corrected chi connectivity index (χ0v) is 18.3. The highest BCUT2D eigenvalue weighted by Crippen LogP contribution is 2.27. The smallest absolute Gasteiger partial charge is 0.348 e. The number of rotatable bonds is 7. The summed E-state index contributed by atoms with van der Waals surface area (Å²) in [7, 11) is 0. The number of esters is 1. The van der Waals surface area contributed by atoms with E-state index in [0.29, 0.717) is 32.3 Å². The number of thiophene rings is 1. The molecule has 1 aromatic carbocycles. The number of fused-ring (bicyclic) bond motifs is 1. The summed E-state index contributed by atoms with van der Waals surface area (Å²) in [6, 6.07) is 7.71. The number of anilines is 1. The molecular formula is C22H25N3O4S. The Bertz CT molecular complexity index is 1130. The number of hydrogen-bond donors (Lipinski definition) is 1. The molecule has 0 aliphatic carbocycles. The van der Waals surface area contributed by atoms with Crippen molar-refractivity contribution < 1.29 is 14.3 Å². The summed E-state index contributed by atoms with van der Waals surface area (Å²) in [5, 5.41) is 3.15. The van der Waals surface area contributed by atoms with E-state index in [1.165, 1.54) is 16.5 Å². The molecule has 0 saturated heterocycles. The van der Waals surface area contributed by atoms with Gasteiger partial charge < -0.3 is 10.1 Å². The van der Waals surface area contributed by atoms with E-state index in [1.807, 2.05) is 24.3 Å². The fourth-order valence-electron chi connectivity index (χ4n) is 3.15. The van der Waals surface area contributed by atoms with Gasteiger partial charge in [-0.05, 0) is 49.4 Å². The van der Waals surface area contributed by atoms with Gasteiger partial charge in [-0.15, -0.1) is 11.3 Å².